The molecule has 1 saturated carbocycles. The number of hydrogen-bond acceptors (Lipinski definition) is 7. The first kappa shape index (κ1) is 23.2. The van der Waals surface area contributed by atoms with Crippen LogP contribution >= 0.6 is 11.6 Å². The summed E-state index contributed by atoms with van der Waals surface area (Å²) >= 11 is 5.79. The zero-order valence-corrected chi connectivity index (χ0v) is 19.7. The predicted octanol–water partition coefficient (Wildman–Crippen LogP) is 2.76. The fraction of sp³-hybridized carbons (Fsp3) is 0.391. The normalized spacial score (nSPS) is 18.4. The second kappa shape index (κ2) is 9.21. The summed E-state index contributed by atoms with van der Waals surface area (Å²) in [5, 5.41) is 10.2. The highest BCUT2D eigenvalue weighted by molar-refractivity contribution is 6.30. The minimum absolute atomic E-state index is 0.0761. The Morgan fingerprint density at radius 3 is 2.74 bits per heavy atom. The number of nitrogens with zero attached hydrogens (tertiary/aromatic N) is 5. The molecule has 0 radical (unpaired) electrons. The standard InChI is InChI=1S/C23H23ClFN7O3/c1-35-20-6-15(16(25)11-28-20)17-7-18(31-30-17)22(34)32-5-2-13(8-23(32)3-4-23)21(33)29-12-19-26-9-14(24)10-27-19/h6-7,9-11,13H,2-5,8,12H2,1H3,(H,29,33)(H,30,31)/t13-/m1/s1. The van der Waals surface area contributed by atoms with Gasteiger partial charge in [0, 0.05) is 42.0 Å². The molecule has 2 aliphatic rings. The highest BCUT2D eigenvalue weighted by Gasteiger charge is 2.54. The van der Waals surface area contributed by atoms with E-state index in [0.717, 1.165) is 19.0 Å². The molecule has 1 saturated heterocycles. The van der Waals surface area contributed by atoms with Gasteiger partial charge in [0.1, 0.15) is 11.5 Å². The van der Waals surface area contributed by atoms with Gasteiger partial charge in [-0.25, -0.2) is 19.3 Å². The summed E-state index contributed by atoms with van der Waals surface area (Å²) in [5.74, 6) is -0.328. The second-order valence-corrected chi connectivity index (χ2v) is 9.22. The van der Waals surface area contributed by atoms with Gasteiger partial charge in [-0.1, -0.05) is 11.6 Å². The van der Waals surface area contributed by atoms with E-state index in [-0.39, 0.29) is 52.6 Å². The van der Waals surface area contributed by atoms with Gasteiger partial charge in [0.15, 0.2) is 5.82 Å². The van der Waals surface area contributed by atoms with E-state index in [1.165, 1.54) is 31.6 Å². The van der Waals surface area contributed by atoms with E-state index in [4.69, 9.17) is 16.3 Å². The summed E-state index contributed by atoms with van der Waals surface area (Å²) in [5.41, 5.74) is 0.400. The molecule has 12 heteroatoms. The molecule has 5 rings (SSSR count). The molecule has 0 bridgehead atoms. The van der Waals surface area contributed by atoms with E-state index in [1.807, 2.05) is 4.90 Å². The number of aromatic nitrogens is 5. The largest absolute Gasteiger partial charge is 0.481 e. The van der Waals surface area contributed by atoms with Gasteiger partial charge in [-0.3, -0.25) is 14.7 Å². The smallest absolute Gasteiger partial charge is 0.272 e. The van der Waals surface area contributed by atoms with Gasteiger partial charge >= 0.3 is 0 Å². The molecule has 2 N–H and O–H groups in total. The van der Waals surface area contributed by atoms with Crippen molar-refractivity contribution in [3.63, 3.8) is 0 Å². The van der Waals surface area contributed by atoms with E-state index in [9.17, 15) is 14.0 Å². The predicted molar refractivity (Wildman–Crippen MR) is 123 cm³/mol. The maximum absolute atomic E-state index is 14.3. The monoisotopic (exact) mass is 499 g/mol. The Bertz CT molecular complexity index is 1260. The van der Waals surface area contributed by atoms with Crippen molar-refractivity contribution in [1.82, 2.24) is 35.4 Å². The minimum Gasteiger partial charge on any atom is -0.481 e. The van der Waals surface area contributed by atoms with Crippen LogP contribution in [-0.4, -0.2) is 61.1 Å². The molecule has 3 aromatic rings. The molecule has 1 aliphatic carbocycles. The molecule has 2 fully saturated rings. The summed E-state index contributed by atoms with van der Waals surface area (Å²) in [6.45, 7) is 0.662. The minimum atomic E-state index is -0.564. The topological polar surface area (TPSA) is 126 Å². The van der Waals surface area contributed by atoms with E-state index >= 15 is 0 Å². The summed E-state index contributed by atoms with van der Waals surface area (Å²) in [6, 6.07) is 2.96. The van der Waals surface area contributed by atoms with Crippen molar-refractivity contribution < 1.29 is 18.7 Å². The van der Waals surface area contributed by atoms with Crippen molar-refractivity contribution >= 4 is 23.4 Å². The highest BCUT2D eigenvalue weighted by Crippen LogP contribution is 2.50. The average Bonchev–Trinajstić information content (AvgIpc) is 3.44. The van der Waals surface area contributed by atoms with E-state index in [2.05, 4.69) is 30.5 Å². The third-order valence-electron chi connectivity index (χ3n) is 6.56. The van der Waals surface area contributed by atoms with Crippen molar-refractivity contribution in [2.45, 2.75) is 37.8 Å². The zero-order valence-electron chi connectivity index (χ0n) is 18.9. The molecule has 0 unspecified atom stereocenters. The van der Waals surface area contributed by atoms with Crippen LogP contribution in [0.5, 0.6) is 5.88 Å². The summed E-state index contributed by atoms with van der Waals surface area (Å²) in [4.78, 5) is 39.9. The number of hydrogen-bond donors (Lipinski definition) is 2. The van der Waals surface area contributed by atoms with Crippen molar-refractivity contribution in [2.24, 2.45) is 5.92 Å². The first-order valence-electron chi connectivity index (χ1n) is 11.2. The molecule has 1 aliphatic heterocycles. The van der Waals surface area contributed by atoms with Gasteiger partial charge in [0.2, 0.25) is 11.8 Å². The number of likely N-dealkylation sites (tertiary alicyclic amines) is 1. The lowest BCUT2D eigenvalue weighted by atomic mass is 9.88. The Labute approximate surface area is 205 Å². The number of rotatable bonds is 6. The fourth-order valence-electron chi connectivity index (χ4n) is 4.54. The van der Waals surface area contributed by atoms with E-state index in [1.54, 1.807) is 0 Å². The number of amides is 2. The van der Waals surface area contributed by atoms with Crippen LogP contribution in [0, 0.1) is 11.7 Å². The zero-order chi connectivity index (χ0) is 24.6. The van der Waals surface area contributed by atoms with E-state index < -0.39 is 5.82 Å². The number of methoxy groups -OCH3 is 1. The molecular formula is C23H23ClFN7O3. The lowest BCUT2D eigenvalue weighted by Crippen LogP contribution is -2.50. The maximum Gasteiger partial charge on any atom is 0.272 e. The molecule has 1 spiro atoms. The Kier molecular flexibility index (Phi) is 6.10. The number of halogens is 2. The summed E-state index contributed by atoms with van der Waals surface area (Å²) in [7, 11) is 1.44. The van der Waals surface area contributed by atoms with Crippen LogP contribution in [0.15, 0.2) is 30.7 Å². The molecule has 4 heterocycles. The van der Waals surface area contributed by atoms with E-state index in [0.29, 0.717) is 30.2 Å². The number of ether oxygens (including phenoxy) is 1. The van der Waals surface area contributed by atoms with Gasteiger partial charge in [0.05, 0.1) is 30.6 Å². The number of aromatic amines is 1. The van der Waals surface area contributed by atoms with Crippen LogP contribution in [0.1, 0.15) is 42.0 Å². The van der Waals surface area contributed by atoms with Crippen molar-refractivity contribution in [2.75, 3.05) is 13.7 Å². The molecule has 0 aromatic carbocycles. The summed E-state index contributed by atoms with van der Waals surface area (Å²) < 4.78 is 19.3. The van der Waals surface area contributed by atoms with Crippen LogP contribution in [0.3, 0.4) is 0 Å². The third-order valence-corrected chi connectivity index (χ3v) is 6.76. The number of pyridine rings is 1. The maximum atomic E-state index is 14.3. The molecule has 2 amide bonds. The number of H-pyrrole nitrogens is 1. The van der Waals surface area contributed by atoms with Gasteiger partial charge in [-0.2, -0.15) is 5.10 Å². The van der Waals surface area contributed by atoms with Crippen LogP contribution in [0.2, 0.25) is 5.02 Å². The van der Waals surface area contributed by atoms with Crippen molar-refractivity contribution in [3.8, 4) is 17.1 Å². The molecular weight excluding hydrogens is 477 g/mol. The molecule has 10 nitrogen and oxygen atoms in total. The quantitative estimate of drug-likeness (QED) is 0.534. The Morgan fingerprint density at radius 1 is 1.26 bits per heavy atom. The second-order valence-electron chi connectivity index (χ2n) is 8.78. The van der Waals surface area contributed by atoms with Crippen molar-refractivity contribution in [3.05, 3.63) is 53.1 Å². The number of carbonyl (C=O) groups excluding carboxylic acids is 2. The Morgan fingerprint density at radius 2 is 2.03 bits per heavy atom. The van der Waals surface area contributed by atoms with Crippen LogP contribution in [0.4, 0.5) is 4.39 Å². The highest BCUT2D eigenvalue weighted by atomic mass is 35.5. The molecule has 1 atom stereocenters. The van der Waals surface area contributed by atoms with Crippen LogP contribution in [0.25, 0.3) is 11.3 Å². The van der Waals surface area contributed by atoms with Crippen molar-refractivity contribution in [1.29, 1.82) is 0 Å². The summed E-state index contributed by atoms with van der Waals surface area (Å²) in [6.07, 6.45) is 6.82. The Hall–Kier alpha value is -3.60. The van der Waals surface area contributed by atoms with Gasteiger partial charge in [-0.05, 0) is 31.7 Å². The SMILES string of the molecule is COc1cc(-c2cc(C(=O)N3CC[C@@H](C(=O)NCc4ncc(Cl)cn4)CC34CC4)[nH]n2)c(F)cn1. The Balaban J connectivity index is 1.24. The third kappa shape index (κ3) is 4.68. The lowest BCUT2D eigenvalue weighted by molar-refractivity contribution is -0.127. The first-order valence-corrected chi connectivity index (χ1v) is 11.6. The average molecular weight is 500 g/mol. The number of piperidine rings is 1. The molecule has 35 heavy (non-hydrogen) atoms. The number of nitrogens with one attached hydrogen (secondary N) is 2. The first-order chi connectivity index (χ1) is 16.9. The van der Waals surface area contributed by atoms with Gasteiger partial charge in [-0.15, -0.1) is 0 Å². The molecule has 3 aromatic heterocycles. The fourth-order valence-corrected chi connectivity index (χ4v) is 4.63. The van der Waals surface area contributed by atoms with Crippen LogP contribution in [-0.2, 0) is 11.3 Å². The van der Waals surface area contributed by atoms with Gasteiger partial charge < -0.3 is 15.0 Å². The number of carbonyl (C=O) groups is 2. The van der Waals surface area contributed by atoms with Crippen LogP contribution < -0.4 is 10.1 Å². The lowest BCUT2D eigenvalue weighted by Gasteiger charge is -2.39. The van der Waals surface area contributed by atoms with Gasteiger partial charge in [0.25, 0.3) is 5.91 Å². The molecule has 182 valence electrons.